The molecule has 0 spiro atoms. The molecule has 0 bridgehead atoms. The van der Waals surface area contributed by atoms with Gasteiger partial charge in [0.1, 0.15) is 0 Å². The highest BCUT2D eigenvalue weighted by Crippen LogP contribution is 2.22. The average molecular weight is 429 g/mol. The molecule has 0 radical (unpaired) electrons. The minimum Gasteiger partial charge on any atom is -0.348 e. The molecule has 3 rings (SSSR count). The highest BCUT2D eigenvalue weighted by atomic mass is 35.5. The van der Waals surface area contributed by atoms with Crippen molar-refractivity contribution in [1.29, 1.82) is 0 Å². The number of hydrogen-bond donors (Lipinski definition) is 2. The highest BCUT2D eigenvalue weighted by molar-refractivity contribution is 7.92. The van der Waals surface area contributed by atoms with Gasteiger partial charge in [0.2, 0.25) is 0 Å². The number of carbonyl (C=O) groups is 1. The molecule has 0 aliphatic carbocycles. The van der Waals surface area contributed by atoms with Gasteiger partial charge < -0.3 is 5.32 Å². The molecular formula is C22H21ClN2O3S. The second-order valence-corrected chi connectivity index (χ2v) is 8.82. The van der Waals surface area contributed by atoms with Crippen molar-refractivity contribution in [3.8, 4) is 0 Å². The number of nitrogens with one attached hydrogen (secondary N) is 2. The third-order valence-corrected chi connectivity index (χ3v) is 6.20. The molecular weight excluding hydrogens is 408 g/mol. The fourth-order valence-corrected chi connectivity index (χ4v) is 4.02. The fourth-order valence-electron chi connectivity index (χ4n) is 2.78. The highest BCUT2D eigenvalue weighted by Gasteiger charge is 2.17. The normalized spacial score (nSPS) is 11.1. The lowest BCUT2D eigenvalue weighted by Gasteiger charge is -2.13. The van der Waals surface area contributed by atoms with E-state index in [9.17, 15) is 13.2 Å². The predicted octanol–water partition coefficient (Wildman–Crippen LogP) is 4.69. The van der Waals surface area contributed by atoms with Crippen LogP contribution in [-0.2, 0) is 16.6 Å². The number of hydrogen-bond acceptors (Lipinski definition) is 3. The first-order chi connectivity index (χ1) is 13.8. The number of amides is 1. The van der Waals surface area contributed by atoms with Crippen LogP contribution >= 0.6 is 11.6 Å². The van der Waals surface area contributed by atoms with E-state index in [1.165, 1.54) is 30.3 Å². The second-order valence-electron chi connectivity index (χ2n) is 6.70. The largest absolute Gasteiger partial charge is 0.348 e. The summed E-state index contributed by atoms with van der Waals surface area (Å²) < 4.78 is 27.8. The van der Waals surface area contributed by atoms with Crippen LogP contribution in [0.25, 0.3) is 0 Å². The molecule has 3 aromatic carbocycles. The molecule has 5 nitrogen and oxygen atoms in total. The van der Waals surface area contributed by atoms with Crippen LogP contribution in [0.5, 0.6) is 0 Å². The number of sulfonamides is 1. The zero-order valence-electron chi connectivity index (χ0n) is 16.1. The van der Waals surface area contributed by atoms with Crippen molar-refractivity contribution in [2.75, 3.05) is 4.72 Å². The molecule has 29 heavy (non-hydrogen) atoms. The topological polar surface area (TPSA) is 75.3 Å². The number of rotatable bonds is 6. The summed E-state index contributed by atoms with van der Waals surface area (Å²) in [7, 11) is -3.80. The third-order valence-electron chi connectivity index (χ3n) is 4.57. The van der Waals surface area contributed by atoms with Crippen molar-refractivity contribution in [1.82, 2.24) is 5.32 Å². The van der Waals surface area contributed by atoms with Gasteiger partial charge in [0.25, 0.3) is 15.9 Å². The van der Waals surface area contributed by atoms with Crippen molar-refractivity contribution in [2.24, 2.45) is 0 Å². The van der Waals surface area contributed by atoms with E-state index in [-0.39, 0.29) is 10.8 Å². The summed E-state index contributed by atoms with van der Waals surface area (Å²) in [5.74, 6) is -0.278. The Morgan fingerprint density at radius 3 is 2.31 bits per heavy atom. The zero-order valence-corrected chi connectivity index (χ0v) is 17.6. The first-order valence-corrected chi connectivity index (χ1v) is 10.8. The average Bonchev–Trinajstić information content (AvgIpc) is 2.69. The molecule has 3 aromatic rings. The Balaban J connectivity index is 1.78. The molecule has 0 aliphatic rings. The van der Waals surface area contributed by atoms with Crippen LogP contribution in [0.15, 0.2) is 71.6 Å². The fraction of sp³-hybridized carbons (Fsp3) is 0.136. The minimum atomic E-state index is -3.80. The lowest BCUT2D eigenvalue weighted by molar-refractivity contribution is 0.0951. The molecule has 0 aromatic heterocycles. The van der Waals surface area contributed by atoms with Crippen LogP contribution in [-0.4, -0.2) is 14.3 Å². The van der Waals surface area contributed by atoms with Crippen molar-refractivity contribution in [3.05, 3.63) is 94.0 Å². The van der Waals surface area contributed by atoms with Gasteiger partial charge in [-0.3, -0.25) is 9.52 Å². The Kier molecular flexibility index (Phi) is 6.25. The van der Waals surface area contributed by atoms with E-state index in [1.807, 2.05) is 31.2 Å². The molecule has 0 saturated carbocycles. The van der Waals surface area contributed by atoms with Gasteiger partial charge >= 0.3 is 0 Å². The van der Waals surface area contributed by atoms with E-state index in [4.69, 9.17) is 11.6 Å². The van der Waals surface area contributed by atoms with Crippen LogP contribution in [0, 0.1) is 13.8 Å². The van der Waals surface area contributed by atoms with E-state index in [1.54, 1.807) is 19.1 Å². The smallest absolute Gasteiger partial charge is 0.261 e. The molecule has 0 heterocycles. The van der Waals surface area contributed by atoms with Crippen LogP contribution in [0.3, 0.4) is 0 Å². The lowest BCUT2D eigenvalue weighted by Crippen LogP contribution is -2.23. The maximum Gasteiger partial charge on any atom is 0.261 e. The molecule has 1 amide bonds. The number of halogens is 1. The first kappa shape index (κ1) is 20.9. The lowest BCUT2D eigenvalue weighted by atomic mass is 10.1. The molecule has 2 N–H and O–H groups in total. The monoisotopic (exact) mass is 428 g/mol. The summed E-state index contributed by atoms with van der Waals surface area (Å²) in [4.78, 5) is 12.7. The minimum absolute atomic E-state index is 0.0932. The van der Waals surface area contributed by atoms with E-state index in [2.05, 4.69) is 10.0 Å². The zero-order chi connectivity index (χ0) is 21.0. The third kappa shape index (κ3) is 5.16. The number of anilines is 1. The van der Waals surface area contributed by atoms with Crippen molar-refractivity contribution < 1.29 is 13.2 Å². The summed E-state index contributed by atoms with van der Waals surface area (Å²) in [6.07, 6.45) is 0. The molecule has 7 heteroatoms. The summed E-state index contributed by atoms with van der Waals surface area (Å²) in [5.41, 5.74) is 3.55. The van der Waals surface area contributed by atoms with Crippen LogP contribution in [0.4, 0.5) is 5.69 Å². The predicted molar refractivity (Wildman–Crippen MR) is 116 cm³/mol. The van der Waals surface area contributed by atoms with Gasteiger partial charge in [-0.25, -0.2) is 8.42 Å². The Labute approximate surface area is 175 Å². The molecule has 0 aliphatic heterocycles. The van der Waals surface area contributed by atoms with Gasteiger partial charge in [0.15, 0.2) is 0 Å². The van der Waals surface area contributed by atoms with Gasteiger partial charge in [-0.2, -0.15) is 0 Å². The van der Waals surface area contributed by atoms with E-state index < -0.39 is 10.0 Å². The van der Waals surface area contributed by atoms with E-state index in [0.29, 0.717) is 28.4 Å². The van der Waals surface area contributed by atoms with Gasteiger partial charge in [-0.15, -0.1) is 0 Å². The van der Waals surface area contributed by atoms with Gasteiger partial charge in [-0.1, -0.05) is 41.9 Å². The van der Waals surface area contributed by atoms with Crippen molar-refractivity contribution >= 4 is 33.2 Å². The van der Waals surface area contributed by atoms with Crippen LogP contribution < -0.4 is 10.0 Å². The quantitative estimate of drug-likeness (QED) is 0.598. The molecule has 0 unspecified atom stereocenters. The molecule has 0 fully saturated rings. The van der Waals surface area contributed by atoms with Crippen molar-refractivity contribution in [3.63, 3.8) is 0 Å². The standard InChI is InChI=1S/C22H21ClN2O3S/c1-15-5-3-4-6-18(15)14-24-22(26)17-8-7-16(2)21(13-17)25-29(27,28)20-11-9-19(23)10-12-20/h3-13,25H,14H2,1-2H3,(H,24,26). The van der Waals surface area contributed by atoms with E-state index >= 15 is 0 Å². The Morgan fingerprint density at radius 1 is 0.931 bits per heavy atom. The van der Waals surface area contributed by atoms with Crippen LogP contribution in [0.2, 0.25) is 5.02 Å². The molecule has 0 saturated heterocycles. The summed E-state index contributed by atoms with van der Waals surface area (Å²) in [6, 6.07) is 18.6. The van der Waals surface area contributed by atoms with Gasteiger partial charge in [0, 0.05) is 17.1 Å². The summed E-state index contributed by atoms with van der Waals surface area (Å²) >= 11 is 5.83. The Bertz CT molecular complexity index is 1140. The van der Waals surface area contributed by atoms with Crippen molar-refractivity contribution in [2.45, 2.75) is 25.3 Å². The maximum atomic E-state index is 12.6. The number of aryl methyl sites for hydroxylation is 2. The Hall–Kier alpha value is -2.83. The maximum absolute atomic E-state index is 12.6. The second kappa shape index (κ2) is 8.68. The SMILES string of the molecule is Cc1ccccc1CNC(=O)c1ccc(C)c(NS(=O)(=O)c2ccc(Cl)cc2)c1. The first-order valence-electron chi connectivity index (χ1n) is 8.98. The van der Waals surface area contributed by atoms with Crippen LogP contribution in [0.1, 0.15) is 27.0 Å². The summed E-state index contributed by atoms with van der Waals surface area (Å²) in [5, 5.41) is 3.32. The molecule has 150 valence electrons. The van der Waals surface area contributed by atoms with Gasteiger partial charge in [-0.05, 0) is 66.9 Å². The Morgan fingerprint density at radius 2 is 1.62 bits per heavy atom. The van der Waals surface area contributed by atoms with Gasteiger partial charge in [0.05, 0.1) is 10.6 Å². The molecule has 0 atom stereocenters. The summed E-state index contributed by atoms with van der Waals surface area (Å²) in [6.45, 7) is 4.15. The number of benzene rings is 3. The van der Waals surface area contributed by atoms with E-state index in [0.717, 1.165) is 11.1 Å². The number of carbonyl (C=O) groups excluding carboxylic acids is 1.